The summed E-state index contributed by atoms with van der Waals surface area (Å²) in [7, 11) is 0. The standard InChI is InChI=1S/C29H42N4O4/c1-20(34)31-24-12-8-21(9-13-24)26-25(27(35)30-14-5-15-33-16-18-36-19-17-33)32-28(37-26)22-6-10-23(11-7-22)29(2,3)4/h8-9,12-13,22-23H,5-7,10-11,14-19H2,1-4H3,(H,30,35)(H,31,34). The number of ether oxygens (including phenoxy) is 1. The van der Waals surface area contributed by atoms with E-state index in [1.54, 1.807) is 0 Å². The Labute approximate surface area is 220 Å². The van der Waals surface area contributed by atoms with Crippen molar-refractivity contribution in [3.63, 3.8) is 0 Å². The van der Waals surface area contributed by atoms with Crippen molar-refractivity contribution in [3.8, 4) is 11.3 Å². The molecule has 37 heavy (non-hydrogen) atoms. The van der Waals surface area contributed by atoms with Crippen molar-refractivity contribution in [3.05, 3.63) is 35.9 Å². The first-order valence-corrected chi connectivity index (χ1v) is 13.7. The van der Waals surface area contributed by atoms with Gasteiger partial charge in [0.15, 0.2) is 17.3 Å². The van der Waals surface area contributed by atoms with E-state index in [-0.39, 0.29) is 17.7 Å². The van der Waals surface area contributed by atoms with Crippen LogP contribution < -0.4 is 10.6 Å². The molecule has 1 saturated heterocycles. The molecule has 1 aliphatic carbocycles. The van der Waals surface area contributed by atoms with Crippen LogP contribution in [-0.2, 0) is 9.53 Å². The van der Waals surface area contributed by atoms with Crippen molar-refractivity contribution in [2.24, 2.45) is 11.3 Å². The van der Waals surface area contributed by atoms with E-state index in [0.717, 1.165) is 70.5 Å². The molecule has 0 spiro atoms. The minimum absolute atomic E-state index is 0.127. The Bertz CT molecular complexity index is 1040. The van der Waals surface area contributed by atoms with E-state index in [4.69, 9.17) is 14.1 Å². The second-order valence-electron chi connectivity index (χ2n) is 11.5. The summed E-state index contributed by atoms with van der Waals surface area (Å²) in [6.07, 6.45) is 5.18. The van der Waals surface area contributed by atoms with Gasteiger partial charge in [-0.3, -0.25) is 14.5 Å². The van der Waals surface area contributed by atoms with E-state index < -0.39 is 0 Å². The third-order valence-corrected chi connectivity index (χ3v) is 7.67. The third kappa shape index (κ3) is 7.42. The highest BCUT2D eigenvalue weighted by atomic mass is 16.5. The Balaban J connectivity index is 1.47. The Morgan fingerprint density at radius 3 is 2.35 bits per heavy atom. The Morgan fingerprint density at radius 1 is 1.05 bits per heavy atom. The quantitative estimate of drug-likeness (QED) is 0.481. The number of rotatable bonds is 8. The molecule has 1 saturated carbocycles. The predicted molar refractivity (Wildman–Crippen MR) is 145 cm³/mol. The molecular formula is C29H42N4O4. The van der Waals surface area contributed by atoms with Gasteiger partial charge >= 0.3 is 0 Å². The van der Waals surface area contributed by atoms with Crippen molar-refractivity contribution in [1.29, 1.82) is 0 Å². The number of oxazole rings is 1. The molecule has 2 fully saturated rings. The normalized spacial score (nSPS) is 21.0. The van der Waals surface area contributed by atoms with Gasteiger partial charge < -0.3 is 19.8 Å². The largest absolute Gasteiger partial charge is 0.440 e. The van der Waals surface area contributed by atoms with Crippen LogP contribution >= 0.6 is 0 Å². The van der Waals surface area contributed by atoms with Crippen molar-refractivity contribution < 1.29 is 18.7 Å². The van der Waals surface area contributed by atoms with Gasteiger partial charge in [0, 0.05) is 43.7 Å². The van der Waals surface area contributed by atoms with Crippen LogP contribution in [0.25, 0.3) is 11.3 Å². The first-order valence-electron chi connectivity index (χ1n) is 13.7. The second kappa shape index (κ2) is 12.2. The summed E-state index contributed by atoms with van der Waals surface area (Å²) in [6, 6.07) is 7.36. The van der Waals surface area contributed by atoms with Crippen molar-refractivity contribution >= 4 is 17.5 Å². The zero-order valence-corrected chi connectivity index (χ0v) is 22.8. The number of aromatic nitrogens is 1. The smallest absolute Gasteiger partial charge is 0.273 e. The summed E-state index contributed by atoms with van der Waals surface area (Å²) in [5.41, 5.74) is 2.11. The number of nitrogens with one attached hydrogen (secondary N) is 2. The third-order valence-electron chi connectivity index (χ3n) is 7.67. The monoisotopic (exact) mass is 510 g/mol. The molecule has 1 aromatic carbocycles. The van der Waals surface area contributed by atoms with Crippen LogP contribution in [0.2, 0.25) is 0 Å². The molecule has 4 rings (SSSR count). The van der Waals surface area contributed by atoms with Crippen LogP contribution in [0.3, 0.4) is 0 Å². The number of hydrogen-bond acceptors (Lipinski definition) is 6. The van der Waals surface area contributed by atoms with Crippen LogP contribution in [0.4, 0.5) is 5.69 Å². The predicted octanol–water partition coefficient (Wildman–Crippen LogP) is 5.07. The summed E-state index contributed by atoms with van der Waals surface area (Å²) >= 11 is 0. The minimum Gasteiger partial charge on any atom is -0.440 e. The lowest BCUT2D eigenvalue weighted by Crippen LogP contribution is -2.38. The maximum absolute atomic E-state index is 13.3. The minimum atomic E-state index is -0.207. The fourth-order valence-electron chi connectivity index (χ4n) is 5.39. The van der Waals surface area contributed by atoms with Gasteiger partial charge in [-0.05, 0) is 74.2 Å². The lowest BCUT2D eigenvalue weighted by molar-refractivity contribution is -0.114. The van der Waals surface area contributed by atoms with Crippen LogP contribution in [-0.4, -0.2) is 61.1 Å². The Kier molecular flexibility index (Phi) is 9.03. The molecule has 0 unspecified atom stereocenters. The average molecular weight is 511 g/mol. The number of morpholine rings is 1. The summed E-state index contributed by atoms with van der Waals surface area (Å²) < 4.78 is 11.7. The summed E-state index contributed by atoms with van der Waals surface area (Å²) in [5, 5.41) is 5.83. The van der Waals surface area contributed by atoms with Crippen LogP contribution in [0.1, 0.15) is 82.1 Å². The fraction of sp³-hybridized carbons (Fsp3) is 0.621. The maximum atomic E-state index is 13.3. The van der Waals surface area contributed by atoms with E-state index in [1.165, 1.54) is 6.92 Å². The van der Waals surface area contributed by atoms with Gasteiger partial charge in [-0.25, -0.2) is 4.98 Å². The lowest BCUT2D eigenvalue weighted by atomic mass is 9.70. The molecule has 202 valence electrons. The van der Waals surface area contributed by atoms with Gasteiger partial charge in [0.25, 0.3) is 5.91 Å². The molecule has 2 aromatic rings. The molecule has 2 amide bonds. The Morgan fingerprint density at radius 2 is 1.73 bits per heavy atom. The maximum Gasteiger partial charge on any atom is 0.273 e. The number of carbonyl (C=O) groups is 2. The summed E-state index contributed by atoms with van der Waals surface area (Å²) in [4.78, 5) is 31.8. The molecule has 1 aliphatic heterocycles. The Hall–Kier alpha value is -2.71. The van der Waals surface area contributed by atoms with E-state index in [2.05, 4.69) is 36.3 Å². The molecule has 2 aliphatic rings. The number of carbonyl (C=O) groups excluding carboxylic acids is 2. The van der Waals surface area contributed by atoms with Crippen LogP contribution in [0.5, 0.6) is 0 Å². The van der Waals surface area contributed by atoms with E-state index in [1.807, 2.05) is 24.3 Å². The molecule has 0 radical (unpaired) electrons. The van der Waals surface area contributed by atoms with Gasteiger partial charge in [-0.1, -0.05) is 20.8 Å². The number of benzene rings is 1. The first kappa shape index (κ1) is 27.3. The van der Waals surface area contributed by atoms with Crippen LogP contribution in [0, 0.1) is 11.3 Å². The summed E-state index contributed by atoms with van der Waals surface area (Å²) in [5.74, 6) is 1.73. The van der Waals surface area contributed by atoms with E-state index >= 15 is 0 Å². The highest BCUT2D eigenvalue weighted by molar-refractivity contribution is 5.98. The average Bonchev–Trinajstić information content (AvgIpc) is 3.32. The number of anilines is 1. The number of hydrogen-bond donors (Lipinski definition) is 2. The van der Waals surface area contributed by atoms with E-state index in [9.17, 15) is 9.59 Å². The van der Waals surface area contributed by atoms with Gasteiger partial charge in [0.2, 0.25) is 5.91 Å². The van der Waals surface area contributed by atoms with Crippen molar-refractivity contribution in [1.82, 2.24) is 15.2 Å². The molecule has 2 N–H and O–H groups in total. The first-order chi connectivity index (χ1) is 17.7. The van der Waals surface area contributed by atoms with Gasteiger partial charge in [-0.2, -0.15) is 0 Å². The number of nitrogens with zero attached hydrogens (tertiary/aromatic N) is 2. The topological polar surface area (TPSA) is 96.7 Å². The molecule has 8 nitrogen and oxygen atoms in total. The number of amides is 2. The molecule has 2 heterocycles. The van der Waals surface area contributed by atoms with Gasteiger partial charge in [0.1, 0.15) is 0 Å². The zero-order chi connectivity index (χ0) is 26.4. The van der Waals surface area contributed by atoms with Gasteiger partial charge in [-0.15, -0.1) is 0 Å². The molecule has 0 bridgehead atoms. The summed E-state index contributed by atoms with van der Waals surface area (Å²) in [6.45, 7) is 13.4. The van der Waals surface area contributed by atoms with Crippen molar-refractivity contribution in [2.75, 3.05) is 44.7 Å². The van der Waals surface area contributed by atoms with Gasteiger partial charge in [0.05, 0.1) is 13.2 Å². The molecule has 1 aromatic heterocycles. The van der Waals surface area contributed by atoms with Crippen LogP contribution in [0.15, 0.2) is 28.7 Å². The lowest BCUT2D eigenvalue weighted by Gasteiger charge is -2.36. The highest BCUT2D eigenvalue weighted by Crippen LogP contribution is 2.43. The highest BCUT2D eigenvalue weighted by Gasteiger charge is 2.33. The molecule has 0 atom stereocenters. The van der Waals surface area contributed by atoms with Crippen molar-refractivity contribution in [2.45, 2.75) is 65.7 Å². The molecule has 8 heteroatoms. The fourth-order valence-corrected chi connectivity index (χ4v) is 5.39. The molecular weight excluding hydrogens is 468 g/mol. The SMILES string of the molecule is CC(=O)Nc1ccc(-c2oc(C3CCC(C(C)(C)C)CC3)nc2C(=O)NCCCN2CCOCC2)cc1. The second-order valence-corrected chi connectivity index (χ2v) is 11.5. The zero-order valence-electron chi connectivity index (χ0n) is 22.8. The van der Waals surface area contributed by atoms with E-state index in [0.29, 0.717) is 40.9 Å².